The molecule has 13 nitrogen and oxygen atoms in total. The standard InChI is InChI=1S/C24H24F3N7.2C6H6O3S/c1-33-11-13-34(14-12-33)21-6-5-19(16-20(21)24(25,26)27)31-23-29-10-8-22(32-23)30-18-4-2-3-17(15-18)7-9-28;2*7-10(8,9)6-4-2-1-3-5-6/h2-6,8,10,15-16H,7,11-14H2,1H3,(H2,29,30,31,32);2*1-5H,(H,7,8,9). The van der Waals surface area contributed by atoms with Crippen LogP contribution in [-0.2, 0) is 32.8 Å². The Bertz CT molecular complexity index is 2190. The van der Waals surface area contributed by atoms with E-state index in [1.165, 1.54) is 36.5 Å². The molecule has 1 aliphatic heterocycles. The molecule has 0 atom stereocenters. The van der Waals surface area contributed by atoms with Crippen molar-refractivity contribution in [2.75, 3.05) is 48.8 Å². The number of halogens is 3. The molecule has 2 heterocycles. The Balaban J connectivity index is 0.000000263. The number of anilines is 5. The maximum atomic E-state index is 13.9. The lowest BCUT2D eigenvalue weighted by Gasteiger charge is -2.35. The molecule has 6 rings (SSSR count). The molecule has 0 radical (unpaired) electrons. The summed E-state index contributed by atoms with van der Waals surface area (Å²) in [6.45, 7) is 2.51. The number of benzene rings is 4. The first kappa shape index (κ1) is 41.2. The fourth-order valence-corrected chi connectivity index (χ4v) is 5.97. The Morgan fingerprint density at radius 2 is 1.33 bits per heavy atom. The van der Waals surface area contributed by atoms with Crippen molar-refractivity contribution in [2.45, 2.75) is 22.4 Å². The summed E-state index contributed by atoms with van der Waals surface area (Å²) in [5, 5.41) is 14.9. The third-order valence-corrected chi connectivity index (χ3v) is 9.36. The Hall–Kier alpha value is -5.58. The lowest BCUT2D eigenvalue weighted by atomic mass is 10.1. The molecule has 0 amide bonds. The van der Waals surface area contributed by atoms with Crippen LogP contribution < -0.4 is 15.5 Å². The second kappa shape index (κ2) is 18.4. The van der Waals surface area contributed by atoms with Crippen molar-refractivity contribution in [3.8, 4) is 6.07 Å². The van der Waals surface area contributed by atoms with Gasteiger partial charge in [0.2, 0.25) is 5.95 Å². The highest BCUT2D eigenvalue weighted by molar-refractivity contribution is 7.86. The Labute approximate surface area is 311 Å². The van der Waals surface area contributed by atoms with E-state index in [1.807, 2.05) is 31.3 Å². The maximum absolute atomic E-state index is 13.9. The third kappa shape index (κ3) is 12.8. The molecule has 4 aromatic carbocycles. The van der Waals surface area contributed by atoms with Crippen molar-refractivity contribution < 1.29 is 39.1 Å². The van der Waals surface area contributed by atoms with Crippen LogP contribution in [0.1, 0.15) is 11.1 Å². The number of nitrogens with zero attached hydrogens (tertiary/aromatic N) is 5. The van der Waals surface area contributed by atoms with Crippen LogP contribution in [0.15, 0.2) is 125 Å². The van der Waals surface area contributed by atoms with Crippen LogP contribution in [0, 0.1) is 11.3 Å². The minimum Gasteiger partial charge on any atom is -0.368 e. The number of piperazine rings is 1. The molecule has 18 heteroatoms. The van der Waals surface area contributed by atoms with E-state index in [2.05, 4.69) is 31.6 Å². The Morgan fingerprint density at radius 1 is 0.759 bits per heavy atom. The van der Waals surface area contributed by atoms with Crippen LogP contribution in [0.25, 0.3) is 0 Å². The van der Waals surface area contributed by atoms with E-state index >= 15 is 0 Å². The molecular weight excluding hydrogens is 748 g/mol. The summed E-state index contributed by atoms with van der Waals surface area (Å²) < 4.78 is 100. The van der Waals surface area contributed by atoms with Gasteiger partial charge in [0.1, 0.15) is 5.82 Å². The number of hydrogen-bond donors (Lipinski definition) is 4. The molecular formula is C36H36F3N7O6S2. The first-order valence-corrected chi connectivity index (χ1v) is 18.9. The van der Waals surface area contributed by atoms with Gasteiger partial charge in [-0.2, -0.15) is 40.3 Å². The van der Waals surface area contributed by atoms with Crippen LogP contribution in [0.5, 0.6) is 0 Å². The predicted octanol–water partition coefficient (Wildman–Crippen LogP) is 6.67. The highest BCUT2D eigenvalue weighted by Crippen LogP contribution is 2.39. The third-order valence-electron chi connectivity index (χ3n) is 7.62. The fourth-order valence-electron chi connectivity index (χ4n) is 4.96. The molecule has 284 valence electrons. The number of aromatic nitrogens is 2. The van der Waals surface area contributed by atoms with Crippen molar-refractivity contribution >= 4 is 49.1 Å². The zero-order valence-corrected chi connectivity index (χ0v) is 30.4. The minimum atomic E-state index is -4.49. The monoisotopic (exact) mass is 783 g/mol. The normalized spacial score (nSPS) is 13.3. The molecule has 0 saturated carbocycles. The first-order valence-electron chi connectivity index (χ1n) is 16.1. The quantitative estimate of drug-likeness (QED) is 0.122. The van der Waals surface area contributed by atoms with E-state index < -0.39 is 32.0 Å². The van der Waals surface area contributed by atoms with Gasteiger partial charge in [-0.05, 0) is 73.3 Å². The SMILES string of the molecule is CN1CCN(c2ccc(Nc3nccc(Nc4cccc(CC#N)c4)n3)cc2C(F)(F)F)CC1.O=S(=O)(O)c1ccccc1.O=S(=O)(O)c1ccccc1. The average molecular weight is 784 g/mol. The van der Waals surface area contributed by atoms with Crippen LogP contribution in [-0.4, -0.2) is 74.0 Å². The lowest BCUT2D eigenvalue weighted by molar-refractivity contribution is -0.137. The molecule has 4 N–H and O–H groups in total. The van der Waals surface area contributed by atoms with Gasteiger partial charge in [0.15, 0.2) is 0 Å². The molecule has 0 spiro atoms. The summed E-state index contributed by atoms with van der Waals surface area (Å²) in [6, 6.07) is 30.2. The largest absolute Gasteiger partial charge is 0.418 e. The zero-order chi connectivity index (χ0) is 39.4. The van der Waals surface area contributed by atoms with E-state index in [4.69, 9.17) is 14.4 Å². The van der Waals surface area contributed by atoms with E-state index in [1.54, 1.807) is 53.4 Å². The topological polar surface area (TPSA) is 189 Å². The molecule has 0 bridgehead atoms. The molecule has 1 aliphatic rings. The van der Waals surface area contributed by atoms with Gasteiger partial charge in [-0.15, -0.1) is 0 Å². The van der Waals surface area contributed by atoms with E-state index in [-0.39, 0.29) is 33.5 Å². The van der Waals surface area contributed by atoms with Gasteiger partial charge in [0, 0.05) is 49.4 Å². The predicted molar refractivity (Wildman–Crippen MR) is 198 cm³/mol. The average Bonchev–Trinajstić information content (AvgIpc) is 3.13. The van der Waals surface area contributed by atoms with Crippen molar-refractivity contribution in [3.05, 3.63) is 127 Å². The highest BCUT2D eigenvalue weighted by Gasteiger charge is 2.36. The number of alkyl halides is 3. The van der Waals surface area contributed by atoms with Crippen molar-refractivity contribution in [2.24, 2.45) is 0 Å². The number of hydrogen-bond acceptors (Lipinski definition) is 11. The summed E-state index contributed by atoms with van der Waals surface area (Å²) in [4.78, 5) is 12.2. The maximum Gasteiger partial charge on any atom is 0.418 e. The van der Waals surface area contributed by atoms with Crippen molar-refractivity contribution in [3.63, 3.8) is 0 Å². The smallest absolute Gasteiger partial charge is 0.368 e. The summed E-state index contributed by atoms with van der Waals surface area (Å²) >= 11 is 0. The molecule has 5 aromatic rings. The number of likely N-dealkylation sites (N-methyl/N-ethyl adjacent to an activating group) is 1. The van der Waals surface area contributed by atoms with Gasteiger partial charge in [0.25, 0.3) is 20.2 Å². The van der Waals surface area contributed by atoms with E-state index in [9.17, 15) is 30.0 Å². The Kier molecular flexibility index (Phi) is 14.1. The summed E-state index contributed by atoms with van der Waals surface area (Å²) in [5.41, 5.74) is 1.34. The summed E-state index contributed by atoms with van der Waals surface area (Å²) in [5.74, 6) is 0.635. The Morgan fingerprint density at radius 3 is 1.85 bits per heavy atom. The van der Waals surface area contributed by atoms with E-state index in [0.717, 1.165) is 17.3 Å². The second-order valence-electron chi connectivity index (χ2n) is 11.6. The molecule has 1 aromatic heterocycles. The zero-order valence-electron chi connectivity index (χ0n) is 28.7. The van der Waals surface area contributed by atoms with Crippen molar-refractivity contribution in [1.82, 2.24) is 14.9 Å². The number of rotatable bonds is 8. The van der Waals surface area contributed by atoms with Gasteiger partial charge < -0.3 is 20.4 Å². The molecule has 0 unspecified atom stereocenters. The van der Waals surface area contributed by atoms with Crippen LogP contribution in [0.3, 0.4) is 0 Å². The summed E-state index contributed by atoms with van der Waals surface area (Å²) in [7, 11) is -6.05. The molecule has 1 fully saturated rings. The van der Waals surface area contributed by atoms with Gasteiger partial charge in [0.05, 0.1) is 27.8 Å². The van der Waals surface area contributed by atoms with E-state index in [0.29, 0.717) is 32.0 Å². The molecule has 1 saturated heterocycles. The first-order chi connectivity index (χ1) is 25.5. The number of nitriles is 1. The van der Waals surface area contributed by atoms with Crippen LogP contribution in [0.2, 0.25) is 0 Å². The molecule has 0 aliphatic carbocycles. The highest BCUT2D eigenvalue weighted by atomic mass is 32.2. The fraction of sp³-hybridized carbons (Fsp3) is 0.194. The van der Waals surface area contributed by atoms with Gasteiger partial charge in [-0.1, -0.05) is 48.5 Å². The van der Waals surface area contributed by atoms with Gasteiger partial charge >= 0.3 is 6.18 Å². The van der Waals surface area contributed by atoms with Crippen LogP contribution >= 0.6 is 0 Å². The van der Waals surface area contributed by atoms with Gasteiger partial charge in [-0.3, -0.25) is 9.11 Å². The number of nitrogens with one attached hydrogen (secondary N) is 2. The molecule has 54 heavy (non-hydrogen) atoms. The minimum absolute atomic E-state index is 0.0741. The van der Waals surface area contributed by atoms with Crippen LogP contribution in [0.4, 0.5) is 42.0 Å². The summed E-state index contributed by atoms with van der Waals surface area (Å²) in [6.07, 6.45) is -2.69. The van der Waals surface area contributed by atoms with Crippen molar-refractivity contribution in [1.29, 1.82) is 5.26 Å². The lowest BCUT2D eigenvalue weighted by Crippen LogP contribution is -2.45. The second-order valence-corrected chi connectivity index (χ2v) is 14.5. The van der Waals surface area contributed by atoms with Gasteiger partial charge in [-0.25, -0.2) is 4.98 Å².